The van der Waals surface area contributed by atoms with Crippen LogP contribution in [0.3, 0.4) is 0 Å². The van der Waals surface area contributed by atoms with E-state index in [9.17, 15) is 55.2 Å². The molecule has 3 heterocycles. The van der Waals surface area contributed by atoms with Crippen LogP contribution in [-0.2, 0) is 52.3 Å². The smallest absolute Gasteiger partial charge is 0.331 e. The highest BCUT2D eigenvalue weighted by molar-refractivity contribution is 5.87. The first kappa shape index (κ1) is 56.0. The zero-order valence-electron chi connectivity index (χ0n) is 42.7. The summed E-state index contributed by atoms with van der Waals surface area (Å²) in [6, 6.07) is 8.94. The van der Waals surface area contributed by atoms with E-state index in [1.165, 1.54) is 11.6 Å². The molecule has 19 nitrogen and oxygen atoms in total. The van der Waals surface area contributed by atoms with Gasteiger partial charge in [-0.25, -0.2) is 4.79 Å². The van der Waals surface area contributed by atoms with Gasteiger partial charge >= 0.3 is 11.9 Å². The lowest BCUT2D eigenvalue weighted by Gasteiger charge is -2.59. The lowest BCUT2D eigenvalue weighted by molar-refractivity contribution is -0.346. The zero-order chi connectivity index (χ0) is 52.7. The average Bonchev–Trinajstić information content (AvgIpc) is 3.59. The van der Waals surface area contributed by atoms with E-state index in [-0.39, 0.29) is 47.4 Å². The van der Waals surface area contributed by atoms with Gasteiger partial charge < -0.3 is 78.7 Å². The first-order chi connectivity index (χ1) is 34.6. The van der Waals surface area contributed by atoms with Crippen molar-refractivity contribution in [3.05, 3.63) is 53.6 Å². The maximum absolute atomic E-state index is 14.3. The van der Waals surface area contributed by atoms with Crippen LogP contribution in [-0.4, -0.2) is 176 Å². The minimum atomic E-state index is -1.76. The highest BCUT2D eigenvalue weighted by Crippen LogP contribution is 2.69. The van der Waals surface area contributed by atoms with Crippen LogP contribution in [0.4, 0.5) is 0 Å². The summed E-state index contributed by atoms with van der Waals surface area (Å²) in [5, 5.41) is 88.0. The van der Waals surface area contributed by atoms with E-state index in [4.69, 9.17) is 37.9 Å². The maximum Gasteiger partial charge on any atom is 0.331 e. The van der Waals surface area contributed by atoms with Crippen LogP contribution in [0.2, 0.25) is 0 Å². The van der Waals surface area contributed by atoms with E-state index < -0.39 is 135 Å². The van der Waals surface area contributed by atoms with Gasteiger partial charge in [-0.05, 0) is 92.1 Å². The van der Waals surface area contributed by atoms with Crippen LogP contribution in [0.25, 0.3) is 6.08 Å². The van der Waals surface area contributed by atoms with Crippen molar-refractivity contribution in [1.82, 2.24) is 0 Å². The van der Waals surface area contributed by atoms with Gasteiger partial charge in [-0.3, -0.25) is 9.59 Å². The standard InChI is InChI=1S/C54H78O19/c1-27(2)12-16-36(57)28(3)54(65)40(23-35-33-15-14-31-22-32(18-20-52(31,5)34(33)19-21-53(35,54)6)69-49-45(64)44(63)43(62)39(24-55)70-49)71-51-48(68-29(4)56)46(38(59)26-67-51)73-50-47(42(61)37(58)25-66-50)72-41(60)17-13-30-10-8-7-9-11-30/h7-11,13-14,17,27-28,32-35,37-40,42-51,55,58-59,61-65H,12,15-16,18-26H2,1-6H3/b17-13+/t28-,32-,33+,34-,35-,37+,38-,39+,40-,42-,43+,44-,45+,46-,47+,48+,49+,50-,51-,52-,53-,54+/m0/s1. The Balaban J connectivity index is 1.05. The van der Waals surface area contributed by atoms with Gasteiger partial charge in [-0.1, -0.05) is 76.6 Å². The molecule has 22 atom stereocenters. The zero-order valence-corrected chi connectivity index (χ0v) is 42.7. The molecule has 3 saturated heterocycles. The van der Waals surface area contributed by atoms with Crippen LogP contribution in [0.15, 0.2) is 48.1 Å². The second kappa shape index (κ2) is 22.8. The second-order valence-corrected chi connectivity index (χ2v) is 22.6. The number of hydrogen-bond acceptors (Lipinski definition) is 19. The summed E-state index contributed by atoms with van der Waals surface area (Å²) in [6.07, 6.45) is -10.7. The van der Waals surface area contributed by atoms with Crippen molar-refractivity contribution in [2.75, 3.05) is 19.8 Å². The molecule has 0 bridgehead atoms. The van der Waals surface area contributed by atoms with Crippen LogP contribution >= 0.6 is 0 Å². The van der Waals surface area contributed by atoms with Crippen molar-refractivity contribution in [1.29, 1.82) is 0 Å². The summed E-state index contributed by atoms with van der Waals surface area (Å²) in [4.78, 5) is 40.4. The summed E-state index contributed by atoms with van der Waals surface area (Å²) in [5.41, 5.74) is -0.971. The van der Waals surface area contributed by atoms with Crippen molar-refractivity contribution in [2.45, 2.75) is 197 Å². The summed E-state index contributed by atoms with van der Waals surface area (Å²) in [5.74, 6) is -2.39. The average molecular weight is 1030 g/mol. The molecule has 0 amide bonds. The molecule has 1 aromatic rings. The molecule has 4 aliphatic carbocycles. The van der Waals surface area contributed by atoms with Gasteiger partial charge in [0.1, 0.15) is 60.2 Å². The molecule has 19 heteroatoms. The number of allylic oxidation sites excluding steroid dienone is 1. The molecule has 0 radical (unpaired) electrons. The number of Topliss-reactive ketones (excluding diaryl/α,β-unsaturated/α-hetero) is 1. The van der Waals surface area contributed by atoms with Gasteiger partial charge in [0.25, 0.3) is 0 Å². The predicted octanol–water partition coefficient (Wildman–Crippen LogP) is 2.24. The molecular formula is C54H78O19. The number of carbonyl (C=O) groups excluding carboxylic acids is 3. The van der Waals surface area contributed by atoms with Crippen molar-refractivity contribution >= 4 is 23.8 Å². The molecule has 8 rings (SSSR count). The van der Waals surface area contributed by atoms with E-state index in [0.717, 1.165) is 25.8 Å². The van der Waals surface area contributed by atoms with Gasteiger partial charge in [0.2, 0.25) is 0 Å². The van der Waals surface area contributed by atoms with Crippen molar-refractivity contribution in [3.8, 4) is 0 Å². The predicted molar refractivity (Wildman–Crippen MR) is 257 cm³/mol. The highest BCUT2D eigenvalue weighted by atomic mass is 16.8. The molecule has 7 aliphatic rings. The Morgan fingerprint density at radius 1 is 0.795 bits per heavy atom. The summed E-state index contributed by atoms with van der Waals surface area (Å²) in [6.45, 7) is 9.91. The fourth-order valence-electron chi connectivity index (χ4n) is 13.6. The topological polar surface area (TPSA) is 287 Å². The van der Waals surface area contributed by atoms with Crippen molar-refractivity contribution in [2.24, 2.45) is 40.4 Å². The number of esters is 2. The lowest BCUT2D eigenvalue weighted by Crippen LogP contribution is -2.64. The largest absolute Gasteiger partial charge is 0.454 e. The molecule has 8 N–H and O–H groups in total. The quantitative estimate of drug-likeness (QED) is 0.0669. The number of ether oxygens (including phenoxy) is 8. The molecule has 6 fully saturated rings. The number of carbonyl (C=O) groups is 3. The first-order valence-corrected chi connectivity index (χ1v) is 26.2. The van der Waals surface area contributed by atoms with Gasteiger partial charge in [-0.2, -0.15) is 0 Å². The maximum atomic E-state index is 14.3. The number of fused-ring (bicyclic) bond motifs is 5. The third-order valence-corrected chi connectivity index (χ3v) is 17.8. The molecule has 0 unspecified atom stereocenters. The van der Waals surface area contributed by atoms with Gasteiger partial charge in [-0.15, -0.1) is 0 Å². The normalized spacial score (nSPS) is 44.1. The number of aliphatic hydroxyl groups is 8. The van der Waals surface area contributed by atoms with Crippen molar-refractivity contribution in [3.63, 3.8) is 0 Å². The summed E-state index contributed by atoms with van der Waals surface area (Å²) < 4.78 is 48.5. The van der Waals surface area contributed by atoms with Gasteiger partial charge in [0.15, 0.2) is 31.1 Å². The van der Waals surface area contributed by atoms with Crippen LogP contribution in [0.1, 0.15) is 105 Å². The molecule has 1 aromatic carbocycles. The number of benzene rings is 1. The molecule has 3 aliphatic heterocycles. The minimum Gasteiger partial charge on any atom is -0.454 e. The monoisotopic (exact) mass is 1030 g/mol. The summed E-state index contributed by atoms with van der Waals surface area (Å²) in [7, 11) is 0. The van der Waals surface area contributed by atoms with E-state index in [1.807, 2.05) is 26.8 Å². The molecule has 0 spiro atoms. The van der Waals surface area contributed by atoms with Crippen molar-refractivity contribution < 1.29 is 93.1 Å². The van der Waals surface area contributed by atoms with E-state index in [2.05, 4.69) is 13.0 Å². The van der Waals surface area contributed by atoms with E-state index in [1.54, 1.807) is 31.2 Å². The number of rotatable bonds is 16. The van der Waals surface area contributed by atoms with Gasteiger partial charge in [0.05, 0.1) is 32.0 Å². The Morgan fingerprint density at radius 2 is 1.49 bits per heavy atom. The van der Waals surface area contributed by atoms with E-state index in [0.29, 0.717) is 44.1 Å². The number of aliphatic hydroxyl groups excluding tert-OH is 7. The molecular weight excluding hydrogens is 953 g/mol. The molecule has 73 heavy (non-hydrogen) atoms. The Kier molecular flexibility index (Phi) is 17.4. The third kappa shape index (κ3) is 11.0. The van der Waals surface area contributed by atoms with Crippen LogP contribution in [0, 0.1) is 40.4 Å². The lowest BCUT2D eigenvalue weighted by atomic mass is 9.46. The van der Waals surface area contributed by atoms with Gasteiger partial charge in [0, 0.05) is 30.8 Å². The molecule has 408 valence electrons. The second-order valence-electron chi connectivity index (χ2n) is 22.6. The highest BCUT2D eigenvalue weighted by Gasteiger charge is 2.71. The SMILES string of the molecule is CC(=O)O[C@H]1[C@H](O[C@H]2C[C@H]3[C@@H]4CC=C5C[C@@H](O[C@@H]6O[C@H](CO)[C@@H](O)[C@H](O)[C@H]6O)CC[C@]5(C)[C@H]4CC[C@]3(C)[C@@]2(O)[C@@H](C)C(=O)CCC(C)C)OC[C@H](O)[C@@H]1O[C@@H]1OC[C@@H](O)[C@H](O)[C@H]1OC(=O)/C=C/c1ccccc1. The summed E-state index contributed by atoms with van der Waals surface area (Å²) >= 11 is 0. The Labute approximate surface area is 426 Å². The third-order valence-electron chi connectivity index (χ3n) is 17.8. The molecule has 3 saturated carbocycles. The number of hydrogen-bond donors (Lipinski definition) is 8. The minimum absolute atomic E-state index is 0.0513. The Hall–Kier alpha value is -3.25. The fourth-order valence-corrected chi connectivity index (χ4v) is 13.6. The van der Waals surface area contributed by atoms with E-state index >= 15 is 0 Å². The van der Waals surface area contributed by atoms with Crippen LogP contribution < -0.4 is 0 Å². The Bertz CT molecular complexity index is 2140. The Morgan fingerprint density at radius 3 is 2.18 bits per heavy atom. The number of ketones is 1. The fraction of sp³-hybridized carbons (Fsp3) is 0.759. The first-order valence-electron chi connectivity index (χ1n) is 26.2. The molecule has 0 aromatic heterocycles. The van der Waals surface area contributed by atoms with Crippen LogP contribution in [0.5, 0.6) is 0 Å².